The summed E-state index contributed by atoms with van der Waals surface area (Å²) in [6.07, 6.45) is 2.49. The van der Waals surface area contributed by atoms with E-state index < -0.39 is 0 Å². The van der Waals surface area contributed by atoms with Gasteiger partial charge < -0.3 is 9.64 Å². The summed E-state index contributed by atoms with van der Waals surface area (Å²) in [5.41, 5.74) is 1.30. The van der Waals surface area contributed by atoms with Crippen LogP contribution in [0, 0.1) is 5.92 Å². The van der Waals surface area contributed by atoms with Crippen molar-refractivity contribution in [2.24, 2.45) is 5.92 Å². The zero-order valence-corrected chi connectivity index (χ0v) is 12.6. The fourth-order valence-electron chi connectivity index (χ4n) is 2.24. The van der Waals surface area contributed by atoms with Gasteiger partial charge in [-0.3, -0.25) is 0 Å². The van der Waals surface area contributed by atoms with Gasteiger partial charge in [-0.05, 0) is 42.8 Å². The second-order valence-corrected chi connectivity index (χ2v) is 5.25. The molecular formula is C15H25NOS. The Bertz CT molecular complexity index is 343. The molecule has 0 heterocycles. The Morgan fingerprint density at radius 2 is 2.17 bits per heavy atom. The highest BCUT2D eigenvalue weighted by Gasteiger charge is 2.09. The van der Waals surface area contributed by atoms with Crippen LogP contribution in [0.3, 0.4) is 0 Å². The third-order valence-electron chi connectivity index (χ3n) is 3.11. The van der Waals surface area contributed by atoms with Gasteiger partial charge in [-0.2, -0.15) is 12.6 Å². The van der Waals surface area contributed by atoms with Crippen molar-refractivity contribution in [2.75, 3.05) is 26.5 Å². The van der Waals surface area contributed by atoms with E-state index in [1.165, 1.54) is 18.4 Å². The monoisotopic (exact) mass is 267 g/mol. The number of thiol groups is 1. The first-order valence-corrected chi connectivity index (χ1v) is 7.25. The van der Waals surface area contributed by atoms with Crippen molar-refractivity contribution in [1.29, 1.82) is 0 Å². The molecule has 0 aliphatic rings. The van der Waals surface area contributed by atoms with Crippen molar-refractivity contribution >= 4 is 12.6 Å². The number of nitrogens with zero attached hydrogens (tertiary/aromatic N) is 1. The van der Waals surface area contributed by atoms with Crippen LogP contribution in [0.4, 0.5) is 0 Å². The minimum absolute atomic E-state index is 0.689. The van der Waals surface area contributed by atoms with Crippen LogP contribution in [0.25, 0.3) is 0 Å². The van der Waals surface area contributed by atoms with E-state index in [0.29, 0.717) is 5.92 Å². The number of ether oxygens (including phenoxy) is 1. The number of rotatable bonds is 8. The molecule has 0 radical (unpaired) electrons. The number of hydrogen-bond acceptors (Lipinski definition) is 3. The molecule has 0 aromatic heterocycles. The lowest BCUT2D eigenvalue weighted by Gasteiger charge is -2.22. The van der Waals surface area contributed by atoms with E-state index in [2.05, 4.69) is 43.6 Å². The van der Waals surface area contributed by atoms with E-state index in [1.54, 1.807) is 7.11 Å². The second kappa shape index (κ2) is 8.44. The molecule has 0 spiro atoms. The Morgan fingerprint density at radius 1 is 1.39 bits per heavy atom. The Labute approximate surface area is 117 Å². The van der Waals surface area contributed by atoms with E-state index in [0.717, 1.165) is 24.6 Å². The first-order chi connectivity index (χ1) is 8.69. The van der Waals surface area contributed by atoms with Gasteiger partial charge in [0, 0.05) is 13.1 Å². The number of methoxy groups -OCH3 is 1. The van der Waals surface area contributed by atoms with Crippen LogP contribution < -0.4 is 4.74 Å². The predicted octanol–water partition coefficient (Wildman–Crippen LogP) is 3.47. The largest absolute Gasteiger partial charge is 0.497 e. The highest BCUT2D eigenvalue weighted by molar-refractivity contribution is 7.80. The van der Waals surface area contributed by atoms with E-state index in [9.17, 15) is 0 Å². The molecule has 0 aliphatic carbocycles. The minimum atomic E-state index is 0.689. The van der Waals surface area contributed by atoms with Crippen molar-refractivity contribution in [1.82, 2.24) is 4.90 Å². The first-order valence-electron chi connectivity index (χ1n) is 6.62. The zero-order chi connectivity index (χ0) is 13.4. The Morgan fingerprint density at radius 3 is 2.78 bits per heavy atom. The summed E-state index contributed by atoms with van der Waals surface area (Å²) in [6, 6.07) is 8.28. The molecule has 0 saturated heterocycles. The predicted molar refractivity (Wildman–Crippen MR) is 81.6 cm³/mol. The summed E-state index contributed by atoms with van der Waals surface area (Å²) in [5, 5.41) is 0. The van der Waals surface area contributed by atoms with Gasteiger partial charge in [0.15, 0.2) is 0 Å². The second-order valence-electron chi connectivity index (χ2n) is 4.89. The van der Waals surface area contributed by atoms with Gasteiger partial charge in [-0.25, -0.2) is 0 Å². The highest BCUT2D eigenvalue weighted by Crippen LogP contribution is 2.15. The first kappa shape index (κ1) is 15.4. The summed E-state index contributed by atoms with van der Waals surface area (Å²) in [5.74, 6) is 2.59. The maximum absolute atomic E-state index is 5.25. The quantitative estimate of drug-likeness (QED) is 0.724. The fourth-order valence-corrected chi connectivity index (χ4v) is 2.53. The lowest BCUT2D eigenvalue weighted by atomic mass is 10.1. The average Bonchev–Trinajstić information content (AvgIpc) is 2.38. The SMILES string of the molecule is CCCC(CS)CN(C)Cc1cccc(OC)c1. The van der Waals surface area contributed by atoms with Crippen LogP contribution in [-0.4, -0.2) is 31.4 Å². The van der Waals surface area contributed by atoms with Gasteiger partial charge in [0.05, 0.1) is 7.11 Å². The normalized spacial score (nSPS) is 12.7. The van der Waals surface area contributed by atoms with Crippen LogP contribution in [-0.2, 0) is 6.54 Å². The maximum Gasteiger partial charge on any atom is 0.119 e. The third-order valence-corrected chi connectivity index (χ3v) is 3.63. The van der Waals surface area contributed by atoms with Gasteiger partial charge in [0.25, 0.3) is 0 Å². The lowest BCUT2D eigenvalue weighted by molar-refractivity contribution is 0.273. The van der Waals surface area contributed by atoms with Gasteiger partial charge in [0.1, 0.15) is 5.75 Å². The molecular weight excluding hydrogens is 242 g/mol. The smallest absolute Gasteiger partial charge is 0.119 e. The molecule has 1 unspecified atom stereocenters. The molecule has 3 heteroatoms. The third kappa shape index (κ3) is 5.32. The summed E-state index contributed by atoms with van der Waals surface area (Å²) >= 11 is 4.44. The van der Waals surface area contributed by atoms with Crippen molar-refractivity contribution in [2.45, 2.75) is 26.3 Å². The topological polar surface area (TPSA) is 12.5 Å². The molecule has 0 N–H and O–H groups in total. The summed E-state index contributed by atoms with van der Waals surface area (Å²) < 4.78 is 5.25. The van der Waals surface area contributed by atoms with E-state index in [1.807, 2.05) is 12.1 Å². The van der Waals surface area contributed by atoms with E-state index >= 15 is 0 Å². The molecule has 18 heavy (non-hydrogen) atoms. The van der Waals surface area contributed by atoms with Crippen molar-refractivity contribution < 1.29 is 4.74 Å². The molecule has 0 fully saturated rings. The van der Waals surface area contributed by atoms with Crippen LogP contribution in [0.5, 0.6) is 5.75 Å². The van der Waals surface area contributed by atoms with Gasteiger partial charge in [-0.15, -0.1) is 0 Å². The zero-order valence-electron chi connectivity index (χ0n) is 11.7. The lowest BCUT2D eigenvalue weighted by Crippen LogP contribution is -2.26. The molecule has 2 nitrogen and oxygen atoms in total. The average molecular weight is 267 g/mol. The molecule has 0 amide bonds. The highest BCUT2D eigenvalue weighted by atomic mass is 32.1. The minimum Gasteiger partial charge on any atom is -0.497 e. The Hall–Kier alpha value is -0.670. The van der Waals surface area contributed by atoms with Gasteiger partial charge in [0.2, 0.25) is 0 Å². The fraction of sp³-hybridized carbons (Fsp3) is 0.600. The molecule has 1 aromatic carbocycles. The van der Waals surface area contributed by atoms with E-state index in [-0.39, 0.29) is 0 Å². The standard InChI is InChI=1S/C15H25NOS/c1-4-6-14(12-18)11-16(2)10-13-7-5-8-15(9-13)17-3/h5,7-9,14,18H,4,6,10-12H2,1-3H3. The molecule has 1 atom stereocenters. The van der Waals surface area contributed by atoms with Crippen LogP contribution in [0.2, 0.25) is 0 Å². The van der Waals surface area contributed by atoms with E-state index in [4.69, 9.17) is 4.74 Å². The molecule has 1 rings (SSSR count). The van der Waals surface area contributed by atoms with Crippen LogP contribution >= 0.6 is 12.6 Å². The van der Waals surface area contributed by atoms with Crippen LogP contribution in [0.15, 0.2) is 24.3 Å². The van der Waals surface area contributed by atoms with Crippen LogP contribution in [0.1, 0.15) is 25.3 Å². The Balaban J connectivity index is 2.49. The maximum atomic E-state index is 5.25. The van der Waals surface area contributed by atoms with Gasteiger partial charge in [-0.1, -0.05) is 25.5 Å². The Kier molecular flexibility index (Phi) is 7.21. The van der Waals surface area contributed by atoms with Crippen molar-refractivity contribution in [3.63, 3.8) is 0 Å². The van der Waals surface area contributed by atoms with Crippen molar-refractivity contribution in [3.05, 3.63) is 29.8 Å². The summed E-state index contributed by atoms with van der Waals surface area (Å²) in [7, 11) is 3.88. The molecule has 0 saturated carbocycles. The molecule has 0 aliphatic heterocycles. The molecule has 1 aromatic rings. The summed E-state index contributed by atoms with van der Waals surface area (Å²) in [4.78, 5) is 2.37. The number of hydrogen-bond donors (Lipinski definition) is 1. The van der Waals surface area contributed by atoms with Gasteiger partial charge >= 0.3 is 0 Å². The molecule has 102 valence electrons. The molecule has 0 bridgehead atoms. The van der Waals surface area contributed by atoms with Crippen molar-refractivity contribution in [3.8, 4) is 5.75 Å². The number of benzene rings is 1. The summed E-state index contributed by atoms with van der Waals surface area (Å²) in [6.45, 7) is 4.30.